The standard InChI is InChI=1S/C19H25NO5/c1-4-6-14-11-17(22)25-16-10-12(2)9-15(18(14)16)24-13(3)19(23)20-7-5-8-21/h9-11,13,21H,4-8H2,1-3H3,(H,20,23). The molecule has 0 aliphatic heterocycles. The van der Waals surface area contributed by atoms with Gasteiger partial charge in [0.2, 0.25) is 0 Å². The summed E-state index contributed by atoms with van der Waals surface area (Å²) in [6.45, 7) is 6.00. The second-order valence-electron chi connectivity index (χ2n) is 6.11. The highest BCUT2D eigenvalue weighted by molar-refractivity contribution is 5.88. The Labute approximate surface area is 146 Å². The number of aliphatic hydroxyl groups excluding tert-OH is 1. The van der Waals surface area contributed by atoms with Gasteiger partial charge in [0.15, 0.2) is 6.10 Å². The number of hydrogen-bond acceptors (Lipinski definition) is 5. The second kappa shape index (κ2) is 8.67. The van der Waals surface area contributed by atoms with Crippen LogP contribution in [0.3, 0.4) is 0 Å². The van der Waals surface area contributed by atoms with E-state index < -0.39 is 6.10 Å². The molecule has 2 N–H and O–H groups in total. The molecule has 25 heavy (non-hydrogen) atoms. The SMILES string of the molecule is CCCc1cc(=O)oc2cc(C)cc(OC(C)C(=O)NCCCO)c12. The normalized spacial score (nSPS) is 12.2. The minimum atomic E-state index is -0.704. The number of amides is 1. The Bertz CT molecular complexity index is 796. The predicted octanol–water partition coefficient (Wildman–Crippen LogP) is 2.32. The highest BCUT2D eigenvalue weighted by Gasteiger charge is 2.18. The van der Waals surface area contributed by atoms with Crippen molar-refractivity contribution in [2.45, 2.75) is 46.1 Å². The van der Waals surface area contributed by atoms with Crippen molar-refractivity contribution in [2.75, 3.05) is 13.2 Å². The molecule has 6 heteroatoms. The molecular formula is C19H25NO5. The maximum atomic E-state index is 12.1. The van der Waals surface area contributed by atoms with Crippen LogP contribution < -0.4 is 15.7 Å². The smallest absolute Gasteiger partial charge is 0.336 e. The first-order valence-corrected chi connectivity index (χ1v) is 8.58. The lowest BCUT2D eigenvalue weighted by Gasteiger charge is -2.17. The fourth-order valence-electron chi connectivity index (χ4n) is 2.71. The summed E-state index contributed by atoms with van der Waals surface area (Å²) in [6, 6.07) is 5.13. The van der Waals surface area contributed by atoms with E-state index in [0.717, 1.165) is 29.4 Å². The van der Waals surface area contributed by atoms with Crippen molar-refractivity contribution in [3.8, 4) is 5.75 Å². The van der Waals surface area contributed by atoms with E-state index >= 15 is 0 Å². The maximum Gasteiger partial charge on any atom is 0.336 e. The van der Waals surface area contributed by atoms with Crippen LogP contribution in [0.5, 0.6) is 5.75 Å². The lowest BCUT2D eigenvalue weighted by atomic mass is 10.0. The third-order valence-corrected chi connectivity index (χ3v) is 3.86. The van der Waals surface area contributed by atoms with E-state index in [1.807, 2.05) is 19.9 Å². The minimum Gasteiger partial charge on any atom is -0.480 e. The van der Waals surface area contributed by atoms with Crippen molar-refractivity contribution >= 4 is 16.9 Å². The highest BCUT2D eigenvalue weighted by atomic mass is 16.5. The van der Waals surface area contributed by atoms with Gasteiger partial charge in [-0.05, 0) is 49.9 Å². The molecule has 1 unspecified atom stereocenters. The summed E-state index contributed by atoms with van der Waals surface area (Å²) >= 11 is 0. The van der Waals surface area contributed by atoms with Crippen LogP contribution in [0.1, 0.15) is 37.8 Å². The molecule has 0 saturated heterocycles. The van der Waals surface area contributed by atoms with Gasteiger partial charge in [0.05, 0.1) is 5.39 Å². The molecule has 1 atom stereocenters. The average Bonchev–Trinajstić information content (AvgIpc) is 2.54. The summed E-state index contributed by atoms with van der Waals surface area (Å²) in [4.78, 5) is 23.9. The molecule has 0 bridgehead atoms. The summed E-state index contributed by atoms with van der Waals surface area (Å²) in [7, 11) is 0. The van der Waals surface area contributed by atoms with Gasteiger partial charge in [-0.25, -0.2) is 4.79 Å². The van der Waals surface area contributed by atoms with Crippen LogP contribution in [0.2, 0.25) is 0 Å². The van der Waals surface area contributed by atoms with Gasteiger partial charge in [0.1, 0.15) is 11.3 Å². The van der Waals surface area contributed by atoms with Gasteiger partial charge in [-0.15, -0.1) is 0 Å². The van der Waals surface area contributed by atoms with E-state index in [2.05, 4.69) is 5.32 Å². The van der Waals surface area contributed by atoms with Gasteiger partial charge in [-0.2, -0.15) is 0 Å². The largest absolute Gasteiger partial charge is 0.480 e. The molecule has 0 aliphatic rings. The van der Waals surface area contributed by atoms with Crippen LogP contribution in [0, 0.1) is 6.92 Å². The van der Waals surface area contributed by atoms with Gasteiger partial charge < -0.3 is 19.6 Å². The topological polar surface area (TPSA) is 88.8 Å². The van der Waals surface area contributed by atoms with Crippen molar-refractivity contribution in [1.82, 2.24) is 5.32 Å². The maximum absolute atomic E-state index is 12.1. The van der Waals surface area contributed by atoms with Crippen molar-refractivity contribution in [3.05, 3.63) is 39.7 Å². The van der Waals surface area contributed by atoms with Crippen LogP contribution in [-0.2, 0) is 11.2 Å². The fraction of sp³-hybridized carbons (Fsp3) is 0.474. The van der Waals surface area contributed by atoms with Crippen LogP contribution in [0.4, 0.5) is 0 Å². The van der Waals surface area contributed by atoms with E-state index in [1.165, 1.54) is 6.07 Å². The molecule has 0 aliphatic carbocycles. The minimum absolute atomic E-state index is 0.0252. The number of fused-ring (bicyclic) bond motifs is 1. The molecule has 2 rings (SSSR count). The van der Waals surface area contributed by atoms with E-state index in [0.29, 0.717) is 24.3 Å². The van der Waals surface area contributed by atoms with Crippen molar-refractivity contribution in [2.24, 2.45) is 0 Å². The van der Waals surface area contributed by atoms with Crippen LogP contribution >= 0.6 is 0 Å². The Morgan fingerprint density at radius 3 is 2.80 bits per heavy atom. The average molecular weight is 347 g/mol. The van der Waals surface area contributed by atoms with E-state index in [1.54, 1.807) is 13.0 Å². The van der Waals surface area contributed by atoms with Crippen LogP contribution in [-0.4, -0.2) is 30.3 Å². The number of carbonyl (C=O) groups excluding carboxylic acids is 1. The Morgan fingerprint density at radius 1 is 1.36 bits per heavy atom. The van der Waals surface area contributed by atoms with Gasteiger partial charge in [-0.3, -0.25) is 4.79 Å². The third kappa shape index (κ3) is 4.82. The molecule has 2 aromatic rings. The number of hydrogen-bond donors (Lipinski definition) is 2. The lowest BCUT2D eigenvalue weighted by Crippen LogP contribution is -2.37. The van der Waals surface area contributed by atoms with Crippen LogP contribution in [0.15, 0.2) is 27.4 Å². The Balaban J connectivity index is 2.36. The molecule has 0 saturated carbocycles. The van der Waals surface area contributed by atoms with E-state index in [-0.39, 0.29) is 18.1 Å². The van der Waals surface area contributed by atoms with Gasteiger partial charge in [0, 0.05) is 19.2 Å². The predicted molar refractivity (Wildman–Crippen MR) is 96.0 cm³/mol. The molecule has 136 valence electrons. The number of benzene rings is 1. The van der Waals surface area contributed by atoms with Gasteiger partial charge >= 0.3 is 5.63 Å². The number of carbonyl (C=O) groups is 1. The molecule has 0 radical (unpaired) electrons. The molecule has 1 aromatic heterocycles. The molecule has 6 nitrogen and oxygen atoms in total. The summed E-state index contributed by atoms with van der Waals surface area (Å²) in [5.74, 6) is 0.282. The number of ether oxygens (including phenoxy) is 1. The van der Waals surface area contributed by atoms with Crippen molar-refractivity contribution < 1.29 is 19.1 Å². The zero-order chi connectivity index (χ0) is 18.4. The second-order valence-corrected chi connectivity index (χ2v) is 6.11. The Hall–Kier alpha value is -2.34. The molecular weight excluding hydrogens is 322 g/mol. The van der Waals surface area contributed by atoms with E-state index in [9.17, 15) is 9.59 Å². The number of nitrogens with one attached hydrogen (secondary N) is 1. The third-order valence-electron chi connectivity index (χ3n) is 3.86. The number of aliphatic hydroxyl groups is 1. The number of rotatable bonds is 8. The Morgan fingerprint density at radius 2 is 2.12 bits per heavy atom. The lowest BCUT2D eigenvalue weighted by molar-refractivity contribution is -0.127. The monoisotopic (exact) mass is 347 g/mol. The summed E-state index contributed by atoms with van der Waals surface area (Å²) < 4.78 is 11.2. The van der Waals surface area contributed by atoms with Crippen molar-refractivity contribution in [1.29, 1.82) is 0 Å². The zero-order valence-corrected chi connectivity index (χ0v) is 14.9. The highest BCUT2D eigenvalue weighted by Crippen LogP contribution is 2.31. The molecule has 1 heterocycles. The van der Waals surface area contributed by atoms with Crippen LogP contribution in [0.25, 0.3) is 11.0 Å². The quantitative estimate of drug-likeness (QED) is 0.565. The molecule has 0 fully saturated rings. The first kappa shape index (κ1) is 19.0. The first-order chi connectivity index (χ1) is 12.0. The van der Waals surface area contributed by atoms with Crippen molar-refractivity contribution in [3.63, 3.8) is 0 Å². The molecule has 1 amide bonds. The van der Waals surface area contributed by atoms with Gasteiger partial charge in [0.25, 0.3) is 5.91 Å². The number of aryl methyl sites for hydroxylation is 2. The van der Waals surface area contributed by atoms with E-state index in [4.69, 9.17) is 14.3 Å². The zero-order valence-electron chi connectivity index (χ0n) is 14.9. The Kier molecular flexibility index (Phi) is 6.58. The van der Waals surface area contributed by atoms with Gasteiger partial charge in [-0.1, -0.05) is 13.3 Å². The summed E-state index contributed by atoms with van der Waals surface area (Å²) in [5.41, 5.74) is 1.82. The first-order valence-electron chi connectivity index (χ1n) is 8.58. The molecule has 1 aromatic carbocycles. The molecule has 0 spiro atoms. The summed E-state index contributed by atoms with van der Waals surface area (Å²) in [5, 5.41) is 12.2. The summed E-state index contributed by atoms with van der Waals surface area (Å²) in [6.07, 6.45) is 1.39. The fourth-order valence-corrected chi connectivity index (χ4v) is 2.71.